The van der Waals surface area contributed by atoms with Crippen LogP contribution in [0, 0.1) is 5.92 Å². The van der Waals surface area contributed by atoms with E-state index >= 15 is 0 Å². The number of aromatic amines is 1. The first-order valence-electron chi connectivity index (χ1n) is 5.37. The molecule has 1 rings (SSSR count). The maximum absolute atomic E-state index is 4.57. The molecule has 0 saturated heterocycles. The lowest BCUT2D eigenvalue weighted by atomic mass is 10.1. The highest BCUT2D eigenvalue weighted by Gasteiger charge is 2.06. The second kappa shape index (κ2) is 4.99. The Morgan fingerprint density at radius 1 is 1.43 bits per heavy atom. The van der Waals surface area contributed by atoms with E-state index in [1.54, 1.807) is 0 Å². The summed E-state index contributed by atoms with van der Waals surface area (Å²) in [4.78, 5) is 7.95. The fourth-order valence-corrected chi connectivity index (χ4v) is 1.53. The van der Waals surface area contributed by atoms with Gasteiger partial charge in [0.05, 0.1) is 5.69 Å². The maximum atomic E-state index is 4.57. The van der Waals surface area contributed by atoms with Crippen LogP contribution in [0.25, 0.3) is 6.08 Å². The summed E-state index contributed by atoms with van der Waals surface area (Å²) in [7, 11) is 0. The molecule has 0 amide bonds. The molecular formula is C12H20N2. The molecule has 0 unspecified atom stereocenters. The van der Waals surface area contributed by atoms with Gasteiger partial charge in [0.2, 0.25) is 0 Å². The number of nitrogens with one attached hydrogen (secondary N) is 1. The molecule has 0 fully saturated rings. The summed E-state index contributed by atoms with van der Waals surface area (Å²) >= 11 is 0. The first-order valence-corrected chi connectivity index (χ1v) is 5.37. The minimum Gasteiger partial charge on any atom is -0.345 e. The van der Waals surface area contributed by atoms with Crippen molar-refractivity contribution < 1.29 is 0 Å². The van der Waals surface area contributed by atoms with Crippen molar-refractivity contribution in [1.29, 1.82) is 0 Å². The first-order chi connectivity index (χ1) is 6.67. The molecule has 1 aromatic heterocycles. The largest absolute Gasteiger partial charge is 0.345 e. The molecule has 0 aliphatic heterocycles. The molecule has 1 heterocycles. The zero-order valence-electron chi connectivity index (χ0n) is 9.59. The predicted molar refractivity (Wildman–Crippen MR) is 61.2 cm³/mol. The molecule has 78 valence electrons. The zero-order valence-corrected chi connectivity index (χ0v) is 9.59. The van der Waals surface area contributed by atoms with E-state index in [9.17, 15) is 0 Å². The van der Waals surface area contributed by atoms with Gasteiger partial charge in [-0.05, 0) is 25.3 Å². The second-order valence-electron chi connectivity index (χ2n) is 4.00. The van der Waals surface area contributed by atoms with Gasteiger partial charge in [0.1, 0.15) is 5.82 Å². The van der Waals surface area contributed by atoms with Gasteiger partial charge in [-0.3, -0.25) is 0 Å². The monoisotopic (exact) mass is 192 g/mol. The number of aryl methyl sites for hydroxylation is 1. The summed E-state index contributed by atoms with van der Waals surface area (Å²) in [5.41, 5.74) is 2.35. The molecule has 0 bridgehead atoms. The summed E-state index contributed by atoms with van der Waals surface area (Å²) in [6.45, 7) is 8.60. The molecule has 0 aromatic carbocycles. The van der Waals surface area contributed by atoms with E-state index < -0.39 is 0 Å². The Morgan fingerprint density at radius 2 is 2.14 bits per heavy atom. The average Bonchev–Trinajstić information content (AvgIpc) is 2.47. The van der Waals surface area contributed by atoms with Gasteiger partial charge in [-0.2, -0.15) is 0 Å². The second-order valence-corrected chi connectivity index (χ2v) is 4.00. The van der Waals surface area contributed by atoms with E-state index in [-0.39, 0.29) is 0 Å². The number of allylic oxidation sites excluding steroid dienone is 1. The van der Waals surface area contributed by atoms with Crippen LogP contribution in [0.15, 0.2) is 6.08 Å². The SMILES string of the molecule is C/C=C\c1nc(CC(C)C)[nH]c1CC. The van der Waals surface area contributed by atoms with Crippen molar-refractivity contribution in [2.24, 2.45) is 5.92 Å². The predicted octanol–water partition coefficient (Wildman–Crippen LogP) is 3.20. The summed E-state index contributed by atoms with van der Waals surface area (Å²) in [5, 5.41) is 0. The Labute approximate surface area is 86.5 Å². The van der Waals surface area contributed by atoms with Gasteiger partial charge in [-0.15, -0.1) is 0 Å². The maximum Gasteiger partial charge on any atom is 0.107 e. The Kier molecular flexibility index (Phi) is 3.93. The van der Waals surface area contributed by atoms with Crippen molar-refractivity contribution in [3.63, 3.8) is 0 Å². The lowest BCUT2D eigenvalue weighted by molar-refractivity contribution is 0.625. The van der Waals surface area contributed by atoms with E-state index in [1.165, 1.54) is 5.69 Å². The van der Waals surface area contributed by atoms with E-state index in [1.807, 2.05) is 13.0 Å². The molecule has 0 atom stereocenters. The van der Waals surface area contributed by atoms with Crippen molar-refractivity contribution in [1.82, 2.24) is 9.97 Å². The molecule has 0 radical (unpaired) electrons. The standard InChI is InChI=1S/C12H20N2/c1-5-7-11-10(6-2)13-12(14-11)8-9(3)4/h5,7,9H,6,8H2,1-4H3,(H,13,14)/b7-5-. The van der Waals surface area contributed by atoms with Crippen molar-refractivity contribution in [3.05, 3.63) is 23.3 Å². The minimum absolute atomic E-state index is 0.657. The number of hydrogen-bond donors (Lipinski definition) is 1. The van der Waals surface area contributed by atoms with Crippen molar-refractivity contribution in [3.8, 4) is 0 Å². The van der Waals surface area contributed by atoms with Crippen LogP contribution in [0.1, 0.15) is 44.9 Å². The molecule has 0 spiro atoms. The normalized spacial score (nSPS) is 11.8. The van der Waals surface area contributed by atoms with Gasteiger partial charge in [0.15, 0.2) is 0 Å². The number of hydrogen-bond acceptors (Lipinski definition) is 1. The van der Waals surface area contributed by atoms with Crippen molar-refractivity contribution in [2.75, 3.05) is 0 Å². The van der Waals surface area contributed by atoms with Crippen LogP contribution in [-0.4, -0.2) is 9.97 Å². The highest BCUT2D eigenvalue weighted by Crippen LogP contribution is 2.12. The van der Waals surface area contributed by atoms with Crippen LogP contribution in [0.5, 0.6) is 0 Å². The smallest absolute Gasteiger partial charge is 0.107 e. The van der Waals surface area contributed by atoms with E-state index in [0.29, 0.717) is 5.92 Å². The van der Waals surface area contributed by atoms with Gasteiger partial charge in [-0.25, -0.2) is 4.98 Å². The quantitative estimate of drug-likeness (QED) is 0.779. The molecule has 1 aromatic rings. The third-order valence-corrected chi connectivity index (χ3v) is 2.14. The zero-order chi connectivity index (χ0) is 10.6. The summed E-state index contributed by atoms with van der Waals surface area (Å²) in [6, 6.07) is 0. The Morgan fingerprint density at radius 3 is 2.64 bits per heavy atom. The van der Waals surface area contributed by atoms with Crippen molar-refractivity contribution in [2.45, 2.75) is 40.5 Å². The average molecular weight is 192 g/mol. The molecule has 2 nitrogen and oxygen atoms in total. The lowest BCUT2D eigenvalue weighted by Gasteiger charge is -1.98. The molecule has 0 aliphatic rings. The fraction of sp³-hybridized carbons (Fsp3) is 0.583. The molecule has 0 saturated carbocycles. The highest BCUT2D eigenvalue weighted by atomic mass is 14.9. The van der Waals surface area contributed by atoms with Gasteiger partial charge in [-0.1, -0.05) is 26.8 Å². The van der Waals surface area contributed by atoms with Gasteiger partial charge >= 0.3 is 0 Å². The van der Waals surface area contributed by atoms with Crippen molar-refractivity contribution >= 4 is 6.08 Å². The van der Waals surface area contributed by atoms with Crippen LogP contribution in [0.3, 0.4) is 0 Å². The van der Waals surface area contributed by atoms with Crippen LogP contribution < -0.4 is 0 Å². The lowest BCUT2D eigenvalue weighted by Crippen LogP contribution is -1.96. The van der Waals surface area contributed by atoms with Gasteiger partial charge in [0, 0.05) is 12.1 Å². The number of nitrogens with zero attached hydrogens (tertiary/aromatic N) is 1. The molecule has 1 N–H and O–H groups in total. The van der Waals surface area contributed by atoms with E-state index in [2.05, 4.69) is 36.8 Å². The molecule has 14 heavy (non-hydrogen) atoms. The van der Waals surface area contributed by atoms with E-state index in [4.69, 9.17) is 0 Å². The Bertz CT molecular complexity index is 308. The number of rotatable bonds is 4. The van der Waals surface area contributed by atoms with Crippen LogP contribution in [0.2, 0.25) is 0 Å². The number of aromatic nitrogens is 2. The molecular weight excluding hydrogens is 172 g/mol. The summed E-state index contributed by atoms with van der Waals surface area (Å²) in [5.74, 6) is 1.77. The Hall–Kier alpha value is -1.05. The third-order valence-electron chi connectivity index (χ3n) is 2.14. The topological polar surface area (TPSA) is 28.7 Å². The fourth-order valence-electron chi connectivity index (χ4n) is 1.53. The number of imidazole rings is 1. The minimum atomic E-state index is 0.657. The molecule has 2 heteroatoms. The summed E-state index contributed by atoms with van der Waals surface area (Å²) < 4.78 is 0. The van der Waals surface area contributed by atoms with E-state index in [0.717, 1.165) is 24.4 Å². The van der Waals surface area contributed by atoms with Crippen LogP contribution in [0.4, 0.5) is 0 Å². The van der Waals surface area contributed by atoms with Crippen LogP contribution >= 0.6 is 0 Å². The molecule has 0 aliphatic carbocycles. The summed E-state index contributed by atoms with van der Waals surface area (Å²) in [6.07, 6.45) is 6.16. The van der Waals surface area contributed by atoms with Gasteiger partial charge < -0.3 is 4.98 Å². The van der Waals surface area contributed by atoms with Gasteiger partial charge in [0.25, 0.3) is 0 Å². The number of H-pyrrole nitrogens is 1. The first kappa shape index (κ1) is 11.0. The third kappa shape index (κ3) is 2.72. The highest BCUT2D eigenvalue weighted by molar-refractivity contribution is 5.47. The Balaban J connectivity index is 2.88. The van der Waals surface area contributed by atoms with Crippen LogP contribution in [-0.2, 0) is 12.8 Å².